The minimum Gasteiger partial charge on any atom is -0.496 e. The van der Waals surface area contributed by atoms with Crippen molar-refractivity contribution in [2.45, 2.75) is 0 Å². The van der Waals surface area contributed by atoms with Gasteiger partial charge in [-0.1, -0.05) is 12.1 Å². The van der Waals surface area contributed by atoms with Crippen molar-refractivity contribution in [3.63, 3.8) is 0 Å². The van der Waals surface area contributed by atoms with E-state index in [9.17, 15) is 0 Å². The van der Waals surface area contributed by atoms with E-state index in [2.05, 4.69) is 110 Å². The van der Waals surface area contributed by atoms with Gasteiger partial charge in [-0.15, -0.1) is 22.7 Å². The third-order valence-corrected chi connectivity index (χ3v) is 9.44. The van der Waals surface area contributed by atoms with Crippen LogP contribution in [-0.4, -0.2) is 14.2 Å². The quantitative estimate of drug-likeness (QED) is 0.186. The first-order valence-corrected chi connectivity index (χ1v) is 14.6. The minimum absolute atomic E-state index is 0.876. The third-order valence-electron chi connectivity index (χ3n) is 7.01. The molecule has 40 heavy (non-hydrogen) atoms. The van der Waals surface area contributed by atoms with Crippen LogP contribution in [0.1, 0.15) is 0 Å². The fourth-order valence-electron chi connectivity index (χ4n) is 4.78. The summed E-state index contributed by atoms with van der Waals surface area (Å²) in [5.41, 5.74) is 6.91. The van der Waals surface area contributed by atoms with E-state index in [1.54, 1.807) is 36.9 Å². The van der Waals surface area contributed by atoms with E-state index in [4.69, 9.17) is 9.47 Å². The summed E-state index contributed by atoms with van der Waals surface area (Å²) in [6, 6.07) is 30.2. The van der Waals surface area contributed by atoms with Crippen molar-refractivity contribution in [1.82, 2.24) is 0 Å². The van der Waals surface area contributed by atoms with E-state index in [0.717, 1.165) is 22.6 Å². The summed E-state index contributed by atoms with van der Waals surface area (Å²) in [7, 11) is 7.53. The summed E-state index contributed by atoms with van der Waals surface area (Å²) in [4.78, 5) is 4.83. The van der Waals surface area contributed by atoms with E-state index in [1.165, 1.54) is 41.8 Å². The molecule has 0 spiro atoms. The Hall–Kier alpha value is -4.26. The number of nitrogens with zero attached hydrogens (tertiary/aromatic N) is 2. The summed E-state index contributed by atoms with van der Waals surface area (Å²) in [6.07, 6.45) is 8.28. The van der Waals surface area contributed by atoms with E-state index in [0.29, 0.717) is 0 Å². The third kappa shape index (κ3) is 5.16. The highest BCUT2D eigenvalue weighted by atomic mass is 32.1. The second-order valence-electron chi connectivity index (χ2n) is 9.66. The molecule has 2 aromatic carbocycles. The van der Waals surface area contributed by atoms with Gasteiger partial charge in [0, 0.05) is 54.9 Å². The molecule has 0 radical (unpaired) electrons. The second-order valence-corrected chi connectivity index (χ2v) is 11.8. The molecule has 4 heterocycles. The molecule has 0 atom stereocenters. The topological polar surface area (TPSA) is 26.2 Å². The SMILES string of the molecule is COc1ccc(-c2cc[n+](C)cc2)cc1-c1ccc(-c2ccc(-c3cc(-c4cc[n+](C)cc4)ccc3OC)s2)s1. The van der Waals surface area contributed by atoms with Crippen LogP contribution in [0.15, 0.2) is 110 Å². The average molecular weight is 563 g/mol. The van der Waals surface area contributed by atoms with Gasteiger partial charge in [-0.25, -0.2) is 9.13 Å². The van der Waals surface area contributed by atoms with Crippen LogP contribution in [0.3, 0.4) is 0 Å². The first kappa shape index (κ1) is 26.0. The summed E-state index contributed by atoms with van der Waals surface area (Å²) < 4.78 is 15.6. The molecule has 0 saturated carbocycles. The molecule has 6 aromatic rings. The molecule has 0 unspecified atom stereocenters. The first-order chi connectivity index (χ1) is 19.5. The number of aromatic nitrogens is 2. The largest absolute Gasteiger partial charge is 0.496 e. The Morgan fingerprint density at radius 1 is 0.450 bits per heavy atom. The highest BCUT2D eigenvalue weighted by Gasteiger charge is 2.16. The summed E-state index contributed by atoms with van der Waals surface area (Å²) in [5, 5.41) is 0. The van der Waals surface area contributed by atoms with Crippen LogP contribution in [0, 0.1) is 0 Å². The molecule has 0 bridgehead atoms. The van der Waals surface area contributed by atoms with Crippen LogP contribution in [0.4, 0.5) is 0 Å². The van der Waals surface area contributed by atoms with Gasteiger partial charge in [-0.3, -0.25) is 0 Å². The standard InChI is InChI=1S/C34H30N2O2S2/c1-35-17-13-23(14-18-35)25-5-7-29(37-3)27(21-25)31-9-11-33(39-31)34-12-10-32(40-34)28-22-26(6-8-30(28)38-4)24-15-19-36(2)20-16-24/h5-22H,1-4H3/q+2. The number of hydrogen-bond acceptors (Lipinski definition) is 4. The van der Waals surface area contributed by atoms with Gasteiger partial charge in [-0.05, 0) is 70.8 Å². The maximum Gasteiger partial charge on any atom is 0.169 e. The van der Waals surface area contributed by atoms with Gasteiger partial charge in [-0.2, -0.15) is 0 Å². The van der Waals surface area contributed by atoms with Crippen molar-refractivity contribution in [3.05, 3.63) is 110 Å². The summed E-state index contributed by atoms with van der Waals surface area (Å²) in [5.74, 6) is 1.75. The molecule has 6 rings (SSSR count). The Morgan fingerprint density at radius 3 is 1.20 bits per heavy atom. The molecule has 0 amide bonds. The van der Waals surface area contributed by atoms with Crippen LogP contribution in [-0.2, 0) is 14.1 Å². The minimum atomic E-state index is 0.876. The number of rotatable bonds is 7. The van der Waals surface area contributed by atoms with Gasteiger partial charge in [0.25, 0.3) is 0 Å². The molecule has 0 saturated heterocycles. The fourth-order valence-corrected chi connectivity index (χ4v) is 6.92. The molecular weight excluding hydrogens is 533 g/mol. The number of pyridine rings is 2. The summed E-state index contributed by atoms with van der Waals surface area (Å²) >= 11 is 3.58. The van der Waals surface area contributed by atoms with Crippen LogP contribution >= 0.6 is 22.7 Å². The Balaban J connectivity index is 1.33. The predicted molar refractivity (Wildman–Crippen MR) is 165 cm³/mol. The smallest absolute Gasteiger partial charge is 0.169 e. The van der Waals surface area contributed by atoms with Gasteiger partial charge >= 0.3 is 0 Å². The van der Waals surface area contributed by atoms with Crippen LogP contribution in [0.5, 0.6) is 11.5 Å². The zero-order chi connectivity index (χ0) is 27.6. The molecule has 6 heteroatoms. The molecule has 0 fully saturated rings. The molecule has 0 aliphatic rings. The number of ether oxygens (including phenoxy) is 2. The van der Waals surface area contributed by atoms with Gasteiger partial charge < -0.3 is 9.47 Å². The predicted octanol–water partition coefficient (Wildman–Crippen LogP) is 7.81. The zero-order valence-electron chi connectivity index (χ0n) is 22.9. The number of methoxy groups -OCH3 is 2. The lowest BCUT2D eigenvalue weighted by atomic mass is 10.0. The van der Waals surface area contributed by atoms with Crippen molar-refractivity contribution in [2.75, 3.05) is 14.2 Å². The lowest BCUT2D eigenvalue weighted by Gasteiger charge is -2.10. The maximum atomic E-state index is 5.76. The molecule has 4 aromatic heterocycles. The van der Waals surface area contributed by atoms with Crippen LogP contribution in [0.2, 0.25) is 0 Å². The van der Waals surface area contributed by atoms with Crippen molar-refractivity contribution < 1.29 is 18.6 Å². The van der Waals surface area contributed by atoms with Crippen molar-refractivity contribution in [2.24, 2.45) is 14.1 Å². The lowest BCUT2D eigenvalue weighted by molar-refractivity contribution is -0.671. The second kappa shape index (κ2) is 11.1. The number of benzene rings is 2. The van der Waals surface area contributed by atoms with Gasteiger partial charge in [0.05, 0.1) is 14.2 Å². The van der Waals surface area contributed by atoms with E-state index in [1.807, 2.05) is 23.2 Å². The molecule has 0 N–H and O–H groups in total. The van der Waals surface area contributed by atoms with E-state index in [-0.39, 0.29) is 0 Å². The molecule has 198 valence electrons. The zero-order valence-corrected chi connectivity index (χ0v) is 24.6. The van der Waals surface area contributed by atoms with Crippen molar-refractivity contribution >= 4 is 22.7 Å². The molecule has 0 aliphatic carbocycles. The molecule has 0 aliphatic heterocycles. The highest BCUT2D eigenvalue weighted by Crippen LogP contribution is 2.45. The Kier molecular flexibility index (Phi) is 7.20. The number of hydrogen-bond donors (Lipinski definition) is 0. The summed E-state index contributed by atoms with van der Waals surface area (Å²) in [6.45, 7) is 0. The Labute approximate surface area is 243 Å². The highest BCUT2D eigenvalue weighted by molar-refractivity contribution is 7.25. The monoisotopic (exact) mass is 562 g/mol. The van der Waals surface area contributed by atoms with Gasteiger partial charge in [0.2, 0.25) is 0 Å². The van der Waals surface area contributed by atoms with Crippen molar-refractivity contribution in [3.8, 4) is 64.4 Å². The van der Waals surface area contributed by atoms with E-state index >= 15 is 0 Å². The number of thiophene rings is 2. The average Bonchev–Trinajstić information content (AvgIpc) is 3.68. The molecular formula is C34H30N2O2S2+2. The van der Waals surface area contributed by atoms with Crippen LogP contribution < -0.4 is 18.6 Å². The Morgan fingerprint density at radius 2 is 0.825 bits per heavy atom. The van der Waals surface area contributed by atoms with Crippen LogP contribution in [0.25, 0.3) is 52.9 Å². The maximum absolute atomic E-state index is 5.76. The van der Waals surface area contributed by atoms with Gasteiger partial charge in [0.1, 0.15) is 25.6 Å². The van der Waals surface area contributed by atoms with Gasteiger partial charge in [0.15, 0.2) is 24.8 Å². The number of aryl methyl sites for hydroxylation is 2. The normalized spacial score (nSPS) is 11.0. The lowest BCUT2D eigenvalue weighted by Crippen LogP contribution is -2.25. The fraction of sp³-hybridized carbons (Fsp3) is 0.118. The Bertz CT molecular complexity index is 1650. The van der Waals surface area contributed by atoms with E-state index < -0.39 is 0 Å². The first-order valence-electron chi connectivity index (χ1n) is 13.0. The van der Waals surface area contributed by atoms with Crippen molar-refractivity contribution in [1.29, 1.82) is 0 Å². The molecule has 4 nitrogen and oxygen atoms in total.